The first-order valence-electron chi connectivity index (χ1n) is 5.28. The molecule has 0 bridgehead atoms. The topological polar surface area (TPSA) is 48.1 Å². The normalized spacial score (nSPS) is 10.1. The van der Waals surface area contributed by atoms with Crippen LogP contribution in [0.1, 0.15) is 11.1 Å². The summed E-state index contributed by atoms with van der Waals surface area (Å²) in [4.78, 5) is 4.44. The van der Waals surface area contributed by atoms with Crippen molar-refractivity contribution < 1.29 is 4.74 Å². The first kappa shape index (κ1) is 12.8. The Morgan fingerprint density at radius 3 is 2.50 bits per heavy atom. The molecule has 0 spiro atoms. The zero-order chi connectivity index (χ0) is 13.0. The van der Waals surface area contributed by atoms with E-state index < -0.39 is 0 Å². The molecule has 2 aromatic rings. The van der Waals surface area contributed by atoms with Gasteiger partial charge < -0.3 is 10.5 Å². The number of pyridine rings is 1. The van der Waals surface area contributed by atoms with Gasteiger partial charge >= 0.3 is 0 Å². The van der Waals surface area contributed by atoms with E-state index in [9.17, 15) is 0 Å². The third-order valence-corrected chi connectivity index (χ3v) is 2.81. The second kappa shape index (κ2) is 5.80. The molecule has 5 heteroatoms. The summed E-state index contributed by atoms with van der Waals surface area (Å²) >= 11 is 10.6. The van der Waals surface area contributed by atoms with E-state index in [-0.39, 0.29) is 0 Å². The van der Waals surface area contributed by atoms with Crippen LogP contribution in [0.3, 0.4) is 0 Å². The summed E-state index contributed by atoms with van der Waals surface area (Å²) in [6.07, 6.45) is 1.60. The molecular weight excluding hydrogens is 268 g/mol. The summed E-state index contributed by atoms with van der Waals surface area (Å²) < 4.78 is 5.53. The van der Waals surface area contributed by atoms with Crippen LogP contribution in [-0.2, 0) is 6.61 Å². The van der Waals surface area contributed by atoms with Crippen molar-refractivity contribution in [3.8, 4) is 5.88 Å². The lowest BCUT2D eigenvalue weighted by atomic mass is 10.2. The molecule has 0 saturated heterocycles. The number of thiocarbonyl (C=S) groups is 1. The van der Waals surface area contributed by atoms with Gasteiger partial charge in [-0.3, -0.25) is 0 Å². The van der Waals surface area contributed by atoms with E-state index in [1.54, 1.807) is 18.3 Å². The molecule has 1 aromatic carbocycles. The summed E-state index contributed by atoms with van der Waals surface area (Å²) in [6.45, 7) is 0.441. The van der Waals surface area contributed by atoms with Gasteiger partial charge in [-0.25, -0.2) is 4.98 Å². The highest BCUT2D eigenvalue weighted by atomic mass is 35.5. The van der Waals surface area contributed by atoms with E-state index >= 15 is 0 Å². The second-order valence-corrected chi connectivity index (χ2v) is 4.54. The second-order valence-electron chi connectivity index (χ2n) is 3.66. The third kappa shape index (κ3) is 3.42. The molecule has 0 fully saturated rings. The SMILES string of the molecule is NC(=S)c1ccc(OCc2ccc(Cl)cc2)nc1. The highest BCUT2D eigenvalue weighted by molar-refractivity contribution is 7.80. The van der Waals surface area contributed by atoms with Crippen molar-refractivity contribution in [1.29, 1.82) is 0 Å². The van der Waals surface area contributed by atoms with E-state index in [0.717, 1.165) is 11.1 Å². The van der Waals surface area contributed by atoms with E-state index in [1.165, 1.54) is 0 Å². The van der Waals surface area contributed by atoms with Crippen LogP contribution in [0, 0.1) is 0 Å². The highest BCUT2D eigenvalue weighted by Gasteiger charge is 2.00. The first-order valence-corrected chi connectivity index (χ1v) is 6.07. The molecule has 1 aromatic heterocycles. The highest BCUT2D eigenvalue weighted by Crippen LogP contribution is 2.13. The van der Waals surface area contributed by atoms with Crippen LogP contribution in [0.5, 0.6) is 5.88 Å². The quantitative estimate of drug-likeness (QED) is 0.874. The number of benzene rings is 1. The maximum absolute atomic E-state index is 5.80. The minimum Gasteiger partial charge on any atom is -0.473 e. The molecule has 18 heavy (non-hydrogen) atoms. The molecule has 3 nitrogen and oxygen atoms in total. The smallest absolute Gasteiger partial charge is 0.213 e. The fraction of sp³-hybridized carbons (Fsp3) is 0.0769. The van der Waals surface area contributed by atoms with Gasteiger partial charge in [-0.15, -0.1) is 0 Å². The fourth-order valence-electron chi connectivity index (χ4n) is 1.35. The number of hydrogen-bond acceptors (Lipinski definition) is 3. The van der Waals surface area contributed by atoms with Crippen LogP contribution < -0.4 is 10.5 Å². The predicted molar refractivity (Wildman–Crippen MR) is 75.9 cm³/mol. The summed E-state index contributed by atoms with van der Waals surface area (Å²) in [5.74, 6) is 0.532. The number of nitrogens with two attached hydrogens (primary N) is 1. The van der Waals surface area contributed by atoms with Crippen LogP contribution in [0.15, 0.2) is 42.6 Å². The van der Waals surface area contributed by atoms with Gasteiger partial charge in [-0.1, -0.05) is 36.0 Å². The molecule has 0 amide bonds. The molecule has 92 valence electrons. The molecule has 2 rings (SSSR count). The van der Waals surface area contributed by atoms with Crippen LogP contribution in [0.25, 0.3) is 0 Å². The Bertz CT molecular complexity index is 540. The van der Waals surface area contributed by atoms with E-state index in [4.69, 9.17) is 34.3 Å². The zero-order valence-electron chi connectivity index (χ0n) is 9.47. The minimum atomic E-state index is 0.326. The van der Waals surface area contributed by atoms with Crippen molar-refractivity contribution in [3.05, 3.63) is 58.7 Å². The van der Waals surface area contributed by atoms with Gasteiger partial charge in [-0.2, -0.15) is 0 Å². The van der Waals surface area contributed by atoms with E-state index in [0.29, 0.717) is 22.5 Å². The lowest BCUT2D eigenvalue weighted by Crippen LogP contribution is -2.09. The molecule has 0 aliphatic heterocycles. The zero-order valence-corrected chi connectivity index (χ0v) is 11.0. The van der Waals surface area contributed by atoms with Crippen LogP contribution in [-0.4, -0.2) is 9.97 Å². The summed E-state index contributed by atoms with van der Waals surface area (Å²) in [6, 6.07) is 11.0. The summed E-state index contributed by atoms with van der Waals surface area (Å²) in [5.41, 5.74) is 7.23. The Labute approximate surface area is 116 Å². The Hall–Kier alpha value is -1.65. The van der Waals surface area contributed by atoms with E-state index in [1.807, 2.05) is 24.3 Å². The molecule has 0 radical (unpaired) electrons. The standard InChI is InChI=1S/C13H11ClN2OS/c14-11-4-1-9(2-5-11)8-17-12-6-3-10(7-16-12)13(15)18/h1-7H,8H2,(H2,15,18). The molecule has 0 atom stereocenters. The van der Waals surface area contributed by atoms with Gasteiger partial charge in [0.25, 0.3) is 0 Å². The Morgan fingerprint density at radius 1 is 1.22 bits per heavy atom. The van der Waals surface area contributed by atoms with E-state index in [2.05, 4.69) is 4.98 Å². The Kier molecular flexibility index (Phi) is 4.12. The van der Waals surface area contributed by atoms with Gasteiger partial charge in [0.15, 0.2) is 0 Å². The number of hydrogen-bond donors (Lipinski definition) is 1. The summed E-state index contributed by atoms with van der Waals surface area (Å²) in [5, 5.41) is 0.706. The van der Waals surface area contributed by atoms with Crippen molar-refractivity contribution >= 4 is 28.8 Å². The maximum atomic E-state index is 5.80. The monoisotopic (exact) mass is 278 g/mol. The van der Waals surface area contributed by atoms with Crippen LogP contribution in [0.4, 0.5) is 0 Å². The lowest BCUT2D eigenvalue weighted by Gasteiger charge is -2.06. The molecule has 0 saturated carbocycles. The van der Waals surface area contributed by atoms with Crippen LogP contribution in [0.2, 0.25) is 5.02 Å². The average Bonchev–Trinajstić information content (AvgIpc) is 2.38. The Morgan fingerprint density at radius 2 is 1.94 bits per heavy atom. The number of halogens is 1. The average molecular weight is 279 g/mol. The predicted octanol–water partition coefficient (Wildman–Crippen LogP) is 2.95. The van der Waals surface area contributed by atoms with Gasteiger partial charge in [-0.05, 0) is 23.8 Å². The molecule has 0 unspecified atom stereocenters. The molecule has 2 N–H and O–H groups in total. The van der Waals surface area contributed by atoms with Crippen molar-refractivity contribution in [2.45, 2.75) is 6.61 Å². The third-order valence-electron chi connectivity index (χ3n) is 2.32. The summed E-state index contributed by atoms with van der Waals surface area (Å²) in [7, 11) is 0. The molecule has 0 aliphatic rings. The van der Waals surface area contributed by atoms with Gasteiger partial charge in [0.1, 0.15) is 11.6 Å². The lowest BCUT2D eigenvalue weighted by molar-refractivity contribution is 0.294. The van der Waals surface area contributed by atoms with Crippen molar-refractivity contribution in [3.63, 3.8) is 0 Å². The van der Waals surface area contributed by atoms with Gasteiger partial charge in [0, 0.05) is 22.8 Å². The number of aromatic nitrogens is 1. The maximum Gasteiger partial charge on any atom is 0.213 e. The van der Waals surface area contributed by atoms with Crippen molar-refractivity contribution in [2.24, 2.45) is 5.73 Å². The first-order chi connectivity index (χ1) is 8.65. The van der Waals surface area contributed by atoms with Crippen LogP contribution >= 0.6 is 23.8 Å². The number of nitrogens with zero attached hydrogens (tertiary/aromatic N) is 1. The number of rotatable bonds is 4. The number of ether oxygens (including phenoxy) is 1. The van der Waals surface area contributed by atoms with Gasteiger partial charge in [0.2, 0.25) is 5.88 Å². The molecular formula is C13H11ClN2OS. The van der Waals surface area contributed by atoms with Crippen molar-refractivity contribution in [2.75, 3.05) is 0 Å². The fourth-order valence-corrected chi connectivity index (χ4v) is 1.60. The minimum absolute atomic E-state index is 0.326. The molecule has 0 aliphatic carbocycles. The van der Waals surface area contributed by atoms with Crippen molar-refractivity contribution in [1.82, 2.24) is 4.98 Å². The van der Waals surface area contributed by atoms with Gasteiger partial charge in [0.05, 0.1) is 0 Å². The Balaban J connectivity index is 1.97. The molecule has 1 heterocycles. The largest absolute Gasteiger partial charge is 0.473 e.